The number of hydrogen-bond donors (Lipinski definition) is 3. The molecule has 0 amide bonds. The van der Waals surface area contributed by atoms with Crippen LogP contribution in [0, 0.1) is 0 Å². The Bertz CT molecular complexity index is 538. The molecule has 0 aliphatic heterocycles. The maximum atomic E-state index is 8.83. The molecule has 2 aromatic carbocycles. The summed E-state index contributed by atoms with van der Waals surface area (Å²) in [6, 6.07) is 13.5. The van der Waals surface area contributed by atoms with Gasteiger partial charge in [-0.15, -0.1) is 0 Å². The predicted molar refractivity (Wildman–Crippen MR) is 78.4 cm³/mol. The Morgan fingerprint density at radius 3 is 2.53 bits per heavy atom. The lowest BCUT2D eigenvalue weighted by atomic mass is 10.0. The van der Waals surface area contributed by atoms with E-state index in [1.54, 1.807) is 7.11 Å². The lowest BCUT2D eigenvalue weighted by Gasteiger charge is -2.11. The van der Waals surface area contributed by atoms with Crippen molar-refractivity contribution in [2.75, 3.05) is 31.3 Å². The summed E-state index contributed by atoms with van der Waals surface area (Å²) >= 11 is 0. The molecule has 0 atom stereocenters. The molecular weight excluding hydrogens is 240 g/mol. The molecular formula is C15H18N2O2. The number of methoxy groups -OCH3 is 1. The molecule has 0 spiro atoms. The largest absolute Gasteiger partial charge is 0.497 e. The van der Waals surface area contributed by atoms with E-state index in [1.165, 1.54) is 0 Å². The Balaban J connectivity index is 2.31. The number of nitrogens with one attached hydrogen (secondary N) is 1. The number of rotatable bonds is 5. The van der Waals surface area contributed by atoms with E-state index in [0.29, 0.717) is 6.54 Å². The van der Waals surface area contributed by atoms with Gasteiger partial charge in [0.25, 0.3) is 0 Å². The van der Waals surface area contributed by atoms with Crippen LogP contribution in [-0.2, 0) is 0 Å². The van der Waals surface area contributed by atoms with Crippen molar-refractivity contribution in [1.29, 1.82) is 0 Å². The highest BCUT2D eigenvalue weighted by Gasteiger charge is 2.04. The van der Waals surface area contributed by atoms with Crippen LogP contribution in [0.25, 0.3) is 11.1 Å². The first-order chi connectivity index (χ1) is 9.24. The van der Waals surface area contributed by atoms with Crippen molar-refractivity contribution in [3.63, 3.8) is 0 Å². The van der Waals surface area contributed by atoms with E-state index in [9.17, 15) is 0 Å². The zero-order valence-electron chi connectivity index (χ0n) is 10.9. The number of ether oxygens (including phenoxy) is 1. The number of hydrogen-bond acceptors (Lipinski definition) is 4. The Labute approximate surface area is 112 Å². The third-order valence-electron chi connectivity index (χ3n) is 2.90. The second kappa shape index (κ2) is 6.11. The zero-order chi connectivity index (χ0) is 13.7. The van der Waals surface area contributed by atoms with E-state index in [2.05, 4.69) is 5.32 Å². The average Bonchev–Trinajstić information content (AvgIpc) is 2.46. The summed E-state index contributed by atoms with van der Waals surface area (Å²) in [7, 11) is 1.64. The quantitative estimate of drug-likeness (QED) is 0.720. The minimum absolute atomic E-state index is 0.0994. The molecule has 0 unspecified atom stereocenters. The summed E-state index contributed by atoms with van der Waals surface area (Å²) in [6.45, 7) is 0.619. The van der Waals surface area contributed by atoms with Crippen LogP contribution in [0.15, 0.2) is 42.5 Å². The summed E-state index contributed by atoms with van der Waals surface area (Å²) in [5, 5.41) is 11.9. The van der Waals surface area contributed by atoms with Crippen LogP contribution in [0.4, 0.5) is 11.4 Å². The number of nitrogens with two attached hydrogens (primary N) is 1. The molecule has 0 heterocycles. The number of nitrogen functional groups attached to an aromatic ring is 1. The topological polar surface area (TPSA) is 67.5 Å². The maximum Gasteiger partial charge on any atom is 0.118 e. The first-order valence-corrected chi connectivity index (χ1v) is 6.13. The third-order valence-corrected chi connectivity index (χ3v) is 2.90. The van der Waals surface area contributed by atoms with Crippen LogP contribution in [0.1, 0.15) is 0 Å². The van der Waals surface area contributed by atoms with Gasteiger partial charge in [0.05, 0.1) is 13.7 Å². The zero-order valence-corrected chi connectivity index (χ0v) is 10.9. The molecule has 2 rings (SSSR count). The van der Waals surface area contributed by atoms with E-state index in [0.717, 1.165) is 28.3 Å². The molecule has 0 saturated carbocycles. The van der Waals surface area contributed by atoms with E-state index in [1.807, 2.05) is 42.5 Å². The molecule has 19 heavy (non-hydrogen) atoms. The van der Waals surface area contributed by atoms with Gasteiger partial charge >= 0.3 is 0 Å². The summed E-state index contributed by atoms with van der Waals surface area (Å²) in [6.07, 6.45) is 0. The molecule has 2 aromatic rings. The number of aliphatic hydroxyl groups excluding tert-OH is 1. The summed E-state index contributed by atoms with van der Waals surface area (Å²) in [5.74, 6) is 0.817. The molecule has 0 aliphatic rings. The number of benzene rings is 2. The van der Waals surface area contributed by atoms with Crippen LogP contribution < -0.4 is 15.8 Å². The van der Waals surface area contributed by atoms with Crippen molar-refractivity contribution < 1.29 is 9.84 Å². The van der Waals surface area contributed by atoms with Crippen molar-refractivity contribution in [3.8, 4) is 16.9 Å². The van der Waals surface area contributed by atoms with Gasteiger partial charge < -0.3 is 20.9 Å². The third kappa shape index (κ3) is 3.17. The Hall–Kier alpha value is -2.20. The molecule has 4 nitrogen and oxygen atoms in total. The van der Waals surface area contributed by atoms with Crippen LogP contribution in [0.3, 0.4) is 0 Å². The standard InChI is InChI=1S/C15H18N2O2/c1-19-13-5-2-11(3-6-13)14-10-12(17-8-9-18)4-7-15(14)16/h2-7,10,17-18H,8-9,16H2,1H3. The summed E-state index contributed by atoms with van der Waals surface area (Å²) < 4.78 is 5.14. The summed E-state index contributed by atoms with van der Waals surface area (Å²) in [5.41, 5.74) is 9.67. The SMILES string of the molecule is COc1ccc(-c2cc(NCCO)ccc2N)cc1. The van der Waals surface area contributed by atoms with Gasteiger partial charge in [-0.25, -0.2) is 0 Å². The molecule has 0 bridgehead atoms. The fourth-order valence-electron chi connectivity index (χ4n) is 1.89. The molecule has 4 heteroatoms. The van der Waals surface area contributed by atoms with Gasteiger partial charge in [-0.1, -0.05) is 12.1 Å². The molecule has 100 valence electrons. The maximum absolute atomic E-state index is 8.83. The monoisotopic (exact) mass is 258 g/mol. The van der Waals surface area contributed by atoms with Crippen molar-refractivity contribution in [2.45, 2.75) is 0 Å². The van der Waals surface area contributed by atoms with Crippen molar-refractivity contribution in [2.24, 2.45) is 0 Å². The van der Waals surface area contributed by atoms with Crippen molar-refractivity contribution >= 4 is 11.4 Å². The van der Waals surface area contributed by atoms with Gasteiger partial charge in [-0.3, -0.25) is 0 Å². The van der Waals surface area contributed by atoms with Gasteiger partial charge in [0.15, 0.2) is 0 Å². The summed E-state index contributed by atoms with van der Waals surface area (Å²) in [4.78, 5) is 0. The smallest absolute Gasteiger partial charge is 0.118 e. The van der Waals surface area contributed by atoms with Crippen LogP contribution in [0.5, 0.6) is 5.75 Å². The first-order valence-electron chi connectivity index (χ1n) is 6.13. The fraction of sp³-hybridized carbons (Fsp3) is 0.200. The Morgan fingerprint density at radius 2 is 1.89 bits per heavy atom. The molecule has 0 radical (unpaired) electrons. The van der Waals surface area contributed by atoms with Crippen LogP contribution >= 0.6 is 0 Å². The normalized spacial score (nSPS) is 10.2. The van der Waals surface area contributed by atoms with Crippen LogP contribution in [-0.4, -0.2) is 25.4 Å². The van der Waals surface area contributed by atoms with Crippen molar-refractivity contribution in [1.82, 2.24) is 0 Å². The van der Waals surface area contributed by atoms with E-state index < -0.39 is 0 Å². The highest BCUT2D eigenvalue weighted by molar-refractivity contribution is 5.79. The lowest BCUT2D eigenvalue weighted by Crippen LogP contribution is -2.05. The number of aliphatic hydroxyl groups is 1. The van der Waals surface area contributed by atoms with Gasteiger partial charge in [0.1, 0.15) is 5.75 Å². The van der Waals surface area contributed by atoms with E-state index in [-0.39, 0.29) is 6.61 Å². The van der Waals surface area contributed by atoms with E-state index in [4.69, 9.17) is 15.6 Å². The minimum atomic E-state index is 0.0994. The lowest BCUT2D eigenvalue weighted by molar-refractivity contribution is 0.311. The van der Waals surface area contributed by atoms with Gasteiger partial charge in [-0.05, 0) is 35.9 Å². The predicted octanol–water partition coefficient (Wildman–Crippen LogP) is 2.35. The number of anilines is 2. The molecule has 0 fully saturated rings. The minimum Gasteiger partial charge on any atom is -0.497 e. The highest BCUT2D eigenvalue weighted by Crippen LogP contribution is 2.30. The van der Waals surface area contributed by atoms with E-state index >= 15 is 0 Å². The second-order valence-corrected chi connectivity index (χ2v) is 4.18. The van der Waals surface area contributed by atoms with Gasteiger partial charge in [0, 0.05) is 23.5 Å². The van der Waals surface area contributed by atoms with Gasteiger partial charge in [-0.2, -0.15) is 0 Å². The molecule has 0 aromatic heterocycles. The first kappa shape index (κ1) is 13.2. The van der Waals surface area contributed by atoms with Crippen LogP contribution in [0.2, 0.25) is 0 Å². The molecule has 0 saturated heterocycles. The average molecular weight is 258 g/mol. The van der Waals surface area contributed by atoms with Gasteiger partial charge in [0.2, 0.25) is 0 Å². The molecule has 4 N–H and O–H groups in total. The second-order valence-electron chi connectivity index (χ2n) is 4.18. The molecule has 0 aliphatic carbocycles. The van der Waals surface area contributed by atoms with Crippen molar-refractivity contribution in [3.05, 3.63) is 42.5 Å². The fourth-order valence-corrected chi connectivity index (χ4v) is 1.89. The Kier molecular flexibility index (Phi) is 4.26. The highest BCUT2D eigenvalue weighted by atomic mass is 16.5. The Morgan fingerprint density at radius 1 is 1.16 bits per heavy atom.